The van der Waals surface area contributed by atoms with Crippen LogP contribution in [0.5, 0.6) is 0 Å². The number of nitrogens with zero attached hydrogens (tertiary/aromatic N) is 6. The van der Waals surface area contributed by atoms with Gasteiger partial charge in [-0.1, -0.05) is 0 Å². The summed E-state index contributed by atoms with van der Waals surface area (Å²) < 4.78 is 7.92. The molecule has 8 heteroatoms. The molecule has 0 spiro atoms. The summed E-state index contributed by atoms with van der Waals surface area (Å²) in [6, 6.07) is -0.210. The molecule has 0 amide bonds. The normalized spacial score (nSPS) is 13.0. The highest BCUT2D eigenvalue weighted by molar-refractivity contribution is 6.99. The number of nitrogens with two attached hydrogens (primary N) is 1. The van der Waals surface area contributed by atoms with Crippen molar-refractivity contribution in [2.45, 2.75) is 12.5 Å². The van der Waals surface area contributed by atoms with Crippen molar-refractivity contribution >= 4 is 11.7 Å². The highest BCUT2D eigenvalue weighted by Crippen LogP contribution is 2.10. The van der Waals surface area contributed by atoms with Crippen molar-refractivity contribution in [3.63, 3.8) is 0 Å². The molecule has 0 saturated heterocycles. The maximum Gasteiger partial charge on any atom is 0.176 e. The minimum atomic E-state index is -0.210. The average molecular weight is 211 g/mol. The van der Waals surface area contributed by atoms with Gasteiger partial charge in [-0.15, -0.1) is 10.2 Å². The lowest BCUT2D eigenvalue weighted by molar-refractivity contribution is 0.621. The van der Waals surface area contributed by atoms with Crippen LogP contribution in [0, 0.1) is 0 Å². The topological polar surface area (TPSA) is 95.4 Å². The number of rotatable bonds is 3. The van der Waals surface area contributed by atoms with Gasteiger partial charge < -0.3 is 5.73 Å². The SMILES string of the molecule is Cn1nnc(CC(N)c2cnsn2)n1. The zero-order valence-corrected chi connectivity index (χ0v) is 8.35. The number of aryl methyl sites for hydroxylation is 1. The number of tetrazole rings is 1. The van der Waals surface area contributed by atoms with Gasteiger partial charge in [0.05, 0.1) is 36.7 Å². The molecular formula is C6H9N7S. The maximum atomic E-state index is 5.87. The van der Waals surface area contributed by atoms with E-state index in [0.717, 1.165) is 17.4 Å². The van der Waals surface area contributed by atoms with E-state index in [1.807, 2.05) is 0 Å². The van der Waals surface area contributed by atoms with E-state index in [9.17, 15) is 0 Å². The van der Waals surface area contributed by atoms with Crippen molar-refractivity contribution in [1.29, 1.82) is 0 Å². The van der Waals surface area contributed by atoms with Gasteiger partial charge in [0, 0.05) is 6.42 Å². The van der Waals surface area contributed by atoms with Crippen molar-refractivity contribution in [3.8, 4) is 0 Å². The van der Waals surface area contributed by atoms with Gasteiger partial charge in [-0.3, -0.25) is 0 Å². The van der Waals surface area contributed by atoms with E-state index >= 15 is 0 Å². The quantitative estimate of drug-likeness (QED) is 0.721. The van der Waals surface area contributed by atoms with Gasteiger partial charge in [-0.05, 0) is 5.21 Å². The van der Waals surface area contributed by atoms with Gasteiger partial charge in [0.15, 0.2) is 5.82 Å². The summed E-state index contributed by atoms with van der Waals surface area (Å²) in [6.45, 7) is 0. The third-order valence-corrected chi connectivity index (χ3v) is 2.20. The molecular weight excluding hydrogens is 202 g/mol. The van der Waals surface area contributed by atoms with Crippen molar-refractivity contribution < 1.29 is 0 Å². The first-order valence-electron chi connectivity index (χ1n) is 4.01. The van der Waals surface area contributed by atoms with Crippen molar-refractivity contribution in [3.05, 3.63) is 17.7 Å². The second-order valence-corrected chi connectivity index (χ2v) is 3.39. The molecule has 2 N–H and O–H groups in total. The second-order valence-electron chi connectivity index (χ2n) is 2.84. The van der Waals surface area contributed by atoms with Crippen LogP contribution in [0.25, 0.3) is 0 Å². The zero-order chi connectivity index (χ0) is 9.97. The van der Waals surface area contributed by atoms with Crippen molar-refractivity contribution in [2.24, 2.45) is 12.8 Å². The van der Waals surface area contributed by atoms with Gasteiger partial charge in [0.1, 0.15) is 0 Å². The van der Waals surface area contributed by atoms with Gasteiger partial charge in [-0.2, -0.15) is 13.5 Å². The van der Waals surface area contributed by atoms with Gasteiger partial charge in [-0.25, -0.2) is 0 Å². The van der Waals surface area contributed by atoms with Crippen LogP contribution in [-0.2, 0) is 13.5 Å². The first-order chi connectivity index (χ1) is 6.75. The molecule has 0 aliphatic rings. The molecule has 0 aromatic carbocycles. The fraction of sp³-hybridized carbons (Fsp3) is 0.500. The smallest absolute Gasteiger partial charge is 0.176 e. The van der Waals surface area contributed by atoms with Crippen molar-refractivity contribution in [2.75, 3.05) is 0 Å². The molecule has 0 radical (unpaired) electrons. The number of hydrogen-bond acceptors (Lipinski definition) is 7. The standard InChI is InChI=1S/C6H9N7S/c1-13-10-6(9-12-13)2-4(7)5-3-8-14-11-5/h3-4H,2,7H2,1H3. The van der Waals surface area contributed by atoms with E-state index in [4.69, 9.17) is 5.73 Å². The van der Waals surface area contributed by atoms with E-state index in [-0.39, 0.29) is 6.04 Å². The summed E-state index contributed by atoms with van der Waals surface area (Å²) >= 11 is 1.14. The van der Waals surface area contributed by atoms with E-state index in [1.54, 1.807) is 13.2 Å². The summed E-state index contributed by atoms with van der Waals surface area (Å²) in [5, 5.41) is 11.6. The molecule has 2 aromatic rings. The molecule has 2 aromatic heterocycles. The van der Waals surface area contributed by atoms with Crippen LogP contribution in [0.2, 0.25) is 0 Å². The average Bonchev–Trinajstić information content (AvgIpc) is 2.75. The Kier molecular flexibility index (Phi) is 2.46. The molecule has 7 nitrogen and oxygen atoms in total. The lowest BCUT2D eigenvalue weighted by Gasteiger charge is -2.02. The Morgan fingerprint density at radius 3 is 3.07 bits per heavy atom. The maximum absolute atomic E-state index is 5.87. The van der Waals surface area contributed by atoms with Crippen LogP contribution < -0.4 is 5.73 Å². The van der Waals surface area contributed by atoms with Crippen LogP contribution in [0.3, 0.4) is 0 Å². The van der Waals surface area contributed by atoms with Crippen molar-refractivity contribution in [1.82, 2.24) is 29.0 Å². The molecule has 14 heavy (non-hydrogen) atoms. The van der Waals surface area contributed by atoms with Crippen LogP contribution in [0.4, 0.5) is 0 Å². The number of hydrogen-bond donors (Lipinski definition) is 1. The molecule has 1 unspecified atom stereocenters. The molecule has 0 saturated carbocycles. The minimum absolute atomic E-state index is 0.210. The Hall–Kier alpha value is -1.41. The minimum Gasteiger partial charge on any atom is -0.322 e. The Labute approximate surface area is 84.3 Å². The van der Waals surface area contributed by atoms with Crippen LogP contribution >= 0.6 is 11.7 Å². The van der Waals surface area contributed by atoms with Gasteiger partial charge in [0.25, 0.3) is 0 Å². The zero-order valence-electron chi connectivity index (χ0n) is 7.53. The van der Waals surface area contributed by atoms with Crippen LogP contribution in [0.1, 0.15) is 17.6 Å². The first kappa shape index (κ1) is 9.16. The molecule has 0 fully saturated rings. The third kappa shape index (κ3) is 1.91. The fourth-order valence-electron chi connectivity index (χ4n) is 1.04. The lowest BCUT2D eigenvalue weighted by atomic mass is 10.1. The largest absolute Gasteiger partial charge is 0.322 e. The van der Waals surface area contributed by atoms with Gasteiger partial charge in [0.2, 0.25) is 0 Å². The molecule has 0 bridgehead atoms. The lowest BCUT2D eigenvalue weighted by Crippen LogP contribution is -2.14. The highest BCUT2D eigenvalue weighted by atomic mass is 32.1. The molecule has 0 aliphatic carbocycles. The number of aromatic nitrogens is 6. The summed E-state index contributed by atoms with van der Waals surface area (Å²) in [4.78, 5) is 1.40. The monoisotopic (exact) mass is 211 g/mol. The van der Waals surface area contributed by atoms with E-state index in [0.29, 0.717) is 12.2 Å². The summed E-state index contributed by atoms with van der Waals surface area (Å²) in [6.07, 6.45) is 2.19. The van der Waals surface area contributed by atoms with E-state index in [2.05, 4.69) is 24.2 Å². The first-order valence-corrected chi connectivity index (χ1v) is 4.74. The predicted octanol–water partition coefficient (Wildman–Crippen LogP) is -0.696. The predicted molar refractivity (Wildman–Crippen MR) is 49.3 cm³/mol. The molecule has 0 aliphatic heterocycles. The fourth-order valence-corrected chi connectivity index (χ4v) is 1.52. The molecule has 2 rings (SSSR count). The summed E-state index contributed by atoms with van der Waals surface area (Å²) in [5.41, 5.74) is 6.63. The van der Waals surface area contributed by atoms with Crippen LogP contribution in [-0.4, -0.2) is 29.0 Å². The third-order valence-electron chi connectivity index (χ3n) is 1.71. The molecule has 1 atom stereocenters. The van der Waals surface area contributed by atoms with E-state index < -0.39 is 0 Å². The molecule has 2 heterocycles. The Morgan fingerprint density at radius 1 is 1.64 bits per heavy atom. The Balaban J connectivity index is 2.05. The Bertz CT molecular complexity index is 394. The van der Waals surface area contributed by atoms with Crippen LogP contribution in [0.15, 0.2) is 6.20 Å². The Morgan fingerprint density at radius 2 is 2.50 bits per heavy atom. The summed E-state index contributed by atoms with van der Waals surface area (Å²) in [5.74, 6) is 0.619. The van der Waals surface area contributed by atoms with Gasteiger partial charge >= 0.3 is 0 Å². The van der Waals surface area contributed by atoms with E-state index in [1.165, 1.54) is 4.80 Å². The highest BCUT2D eigenvalue weighted by Gasteiger charge is 2.12. The summed E-state index contributed by atoms with van der Waals surface area (Å²) in [7, 11) is 1.71. The second kappa shape index (κ2) is 3.76. The molecule has 74 valence electrons.